The van der Waals surface area contributed by atoms with Crippen LogP contribution in [-0.4, -0.2) is 26.0 Å². The largest absolute Gasteiger partial charge is 0.382 e. The molecular formula is C23H35N5. The van der Waals surface area contributed by atoms with Crippen LogP contribution in [0.4, 0.5) is 5.82 Å². The molecule has 0 aromatic carbocycles. The van der Waals surface area contributed by atoms with Crippen molar-refractivity contribution in [2.45, 2.75) is 66.2 Å². The van der Waals surface area contributed by atoms with Gasteiger partial charge in [-0.15, -0.1) is 5.10 Å². The van der Waals surface area contributed by atoms with Crippen molar-refractivity contribution in [3.8, 4) is 0 Å². The molecule has 152 valence electrons. The molecule has 5 nitrogen and oxygen atoms in total. The summed E-state index contributed by atoms with van der Waals surface area (Å²) in [6, 6.07) is 1.95. The van der Waals surface area contributed by atoms with Crippen LogP contribution < -0.4 is 5.73 Å². The molecule has 3 heterocycles. The first-order valence-electron chi connectivity index (χ1n) is 10.6. The predicted molar refractivity (Wildman–Crippen MR) is 117 cm³/mol. The number of rotatable bonds is 8. The quantitative estimate of drug-likeness (QED) is 0.689. The Morgan fingerprint density at radius 3 is 2.86 bits per heavy atom. The molecule has 2 unspecified atom stereocenters. The van der Waals surface area contributed by atoms with Crippen LogP contribution in [0.2, 0.25) is 0 Å². The minimum atomic E-state index is 0.558. The smallest absolute Gasteiger partial charge is 0.160 e. The molecule has 0 saturated heterocycles. The van der Waals surface area contributed by atoms with Gasteiger partial charge in [-0.05, 0) is 45.1 Å². The molecule has 0 aliphatic carbocycles. The Morgan fingerprint density at radius 1 is 1.32 bits per heavy atom. The molecule has 2 atom stereocenters. The van der Waals surface area contributed by atoms with E-state index in [1.807, 2.05) is 19.2 Å². The van der Waals surface area contributed by atoms with E-state index in [2.05, 4.69) is 48.5 Å². The van der Waals surface area contributed by atoms with Crippen molar-refractivity contribution < 1.29 is 0 Å². The van der Waals surface area contributed by atoms with Crippen LogP contribution in [0.1, 0.15) is 64.1 Å². The Morgan fingerprint density at radius 2 is 2.11 bits per heavy atom. The Balaban J connectivity index is 1.66. The van der Waals surface area contributed by atoms with Crippen molar-refractivity contribution >= 4 is 11.5 Å². The number of nitrogens with zero attached hydrogens (tertiary/aromatic N) is 4. The molecule has 5 heteroatoms. The first kappa shape index (κ1) is 20.4. The third kappa shape index (κ3) is 4.40. The highest BCUT2D eigenvalue weighted by Crippen LogP contribution is 2.36. The number of aryl methyl sites for hydroxylation is 2. The molecule has 0 radical (unpaired) electrons. The topological polar surface area (TPSA) is 59.5 Å². The van der Waals surface area contributed by atoms with E-state index < -0.39 is 0 Å². The van der Waals surface area contributed by atoms with E-state index in [9.17, 15) is 0 Å². The van der Waals surface area contributed by atoms with Gasteiger partial charge in [0.25, 0.3) is 0 Å². The van der Waals surface area contributed by atoms with E-state index in [1.54, 1.807) is 4.52 Å². The predicted octanol–water partition coefficient (Wildman–Crippen LogP) is 5.12. The molecule has 0 fully saturated rings. The van der Waals surface area contributed by atoms with E-state index >= 15 is 0 Å². The zero-order valence-electron chi connectivity index (χ0n) is 17.9. The zero-order chi connectivity index (χ0) is 20.3. The van der Waals surface area contributed by atoms with Crippen LogP contribution in [0, 0.1) is 18.8 Å². The second kappa shape index (κ2) is 8.80. The Kier molecular flexibility index (Phi) is 6.42. The third-order valence-corrected chi connectivity index (χ3v) is 5.99. The maximum atomic E-state index is 6.17. The highest BCUT2D eigenvalue weighted by atomic mass is 15.3. The lowest BCUT2D eigenvalue weighted by atomic mass is 9.81. The number of hydrogen-bond acceptors (Lipinski definition) is 4. The molecule has 3 rings (SSSR count). The first-order chi connectivity index (χ1) is 13.4. The standard InChI is InChI=1S/C23H35N5/c1-6-7-9-17(3)21-14-16(2)15-27(19(21)5)12-8-10-20-22(24)26-28-13-11-18(4)25-23(20)28/h11,13,15,17,21H,5-10,12,14H2,1-4H3,(H2,24,26). The van der Waals surface area contributed by atoms with Gasteiger partial charge in [0.2, 0.25) is 0 Å². The average molecular weight is 382 g/mol. The van der Waals surface area contributed by atoms with Gasteiger partial charge in [-0.1, -0.05) is 45.3 Å². The molecule has 0 amide bonds. The summed E-state index contributed by atoms with van der Waals surface area (Å²) >= 11 is 0. The molecule has 0 bridgehead atoms. The number of fused-ring (bicyclic) bond motifs is 1. The average Bonchev–Trinajstić information content (AvgIpc) is 2.97. The van der Waals surface area contributed by atoms with Crippen LogP contribution in [0.25, 0.3) is 5.65 Å². The minimum Gasteiger partial charge on any atom is -0.382 e. The third-order valence-electron chi connectivity index (χ3n) is 5.99. The van der Waals surface area contributed by atoms with Crippen molar-refractivity contribution in [1.29, 1.82) is 0 Å². The summed E-state index contributed by atoms with van der Waals surface area (Å²) in [6.45, 7) is 14.3. The zero-order valence-corrected chi connectivity index (χ0v) is 17.9. The van der Waals surface area contributed by atoms with Gasteiger partial charge in [-0.3, -0.25) is 0 Å². The van der Waals surface area contributed by atoms with Gasteiger partial charge in [0.1, 0.15) is 0 Å². The van der Waals surface area contributed by atoms with Gasteiger partial charge in [0.15, 0.2) is 11.5 Å². The van der Waals surface area contributed by atoms with Gasteiger partial charge in [-0.2, -0.15) is 0 Å². The highest BCUT2D eigenvalue weighted by molar-refractivity contribution is 5.59. The molecule has 0 saturated carbocycles. The molecule has 1 aliphatic heterocycles. The number of hydrogen-bond donors (Lipinski definition) is 1. The molecule has 2 N–H and O–H groups in total. The fourth-order valence-corrected chi connectivity index (χ4v) is 4.29. The molecule has 2 aromatic rings. The second-order valence-corrected chi connectivity index (χ2v) is 8.39. The van der Waals surface area contributed by atoms with Crippen molar-refractivity contribution in [3.05, 3.63) is 47.6 Å². The highest BCUT2D eigenvalue weighted by Gasteiger charge is 2.27. The first-order valence-corrected chi connectivity index (χ1v) is 10.6. The van der Waals surface area contributed by atoms with Crippen LogP contribution in [0.5, 0.6) is 0 Å². The van der Waals surface area contributed by atoms with Crippen LogP contribution in [0.3, 0.4) is 0 Å². The van der Waals surface area contributed by atoms with Gasteiger partial charge in [0, 0.05) is 41.8 Å². The van der Waals surface area contributed by atoms with E-state index in [1.165, 1.54) is 30.5 Å². The summed E-state index contributed by atoms with van der Waals surface area (Å²) in [5, 5.41) is 4.40. The van der Waals surface area contributed by atoms with Gasteiger partial charge >= 0.3 is 0 Å². The number of nitrogen functional groups attached to an aromatic ring is 1. The number of anilines is 1. The summed E-state index contributed by atoms with van der Waals surface area (Å²) in [6.07, 6.45) is 11.1. The Bertz CT molecular complexity index is 863. The van der Waals surface area contributed by atoms with Crippen LogP contribution in [0.15, 0.2) is 36.3 Å². The van der Waals surface area contributed by atoms with Gasteiger partial charge in [0.05, 0.1) is 0 Å². The number of aromatic nitrogens is 3. The minimum absolute atomic E-state index is 0.558. The summed E-state index contributed by atoms with van der Waals surface area (Å²) in [7, 11) is 0. The van der Waals surface area contributed by atoms with Crippen LogP contribution in [-0.2, 0) is 6.42 Å². The fraction of sp³-hybridized carbons (Fsp3) is 0.565. The van der Waals surface area contributed by atoms with Gasteiger partial charge < -0.3 is 10.6 Å². The number of nitrogens with two attached hydrogens (primary N) is 1. The molecule has 28 heavy (non-hydrogen) atoms. The normalized spacial score (nSPS) is 18.6. The Hall–Kier alpha value is -2.30. The fourth-order valence-electron chi connectivity index (χ4n) is 4.29. The number of allylic oxidation sites excluding steroid dienone is 2. The molecule has 1 aliphatic rings. The second-order valence-electron chi connectivity index (χ2n) is 8.39. The SMILES string of the molecule is C=C1C(C(C)CCCC)CC(C)=CN1CCCc1c(N)nn2ccc(C)nc12. The van der Waals surface area contributed by atoms with Gasteiger partial charge in [-0.25, -0.2) is 9.50 Å². The summed E-state index contributed by atoms with van der Waals surface area (Å²) in [4.78, 5) is 7.00. The monoisotopic (exact) mass is 381 g/mol. The summed E-state index contributed by atoms with van der Waals surface area (Å²) in [5.74, 6) is 1.83. The van der Waals surface area contributed by atoms with Crippen molar-refractivity contribution in [3.63, 3.8) is 0 Å². The van der Waals surface area contributed by atoms with E-state index in [4.69, 9.17) is 5.73 Å². The maximum Gasteiger partial charge on any atom is 0.160 e. The molecule has 0 spiro atoms. The lowest BCUT2D eigenvalue weighted by molar-refractivity contribution is 0.280. The van der Waals surface area contributed by atoms with Crippen LogP contribution >= 0.6 is 0 Å². The van der Waals surface area contributed by atoms with Crippen molar-refractivity contribution in [2.24, 2.45) is 11.8 Å². The summed E-state index contributed by atoms with van der Waals surface area (Å²) in [5.41, 5.74) is 11.8. The molecule has 2 aromatic heterocycles. The lowest BCUT2D eigenvalue weighted by Crippen LogP contribution is -2.31. The van der Waals surface area contributed by atoms with E-state index in [0.29, 0.717) is 17.7 Å². The maximum absolute atomic E-state index is 6.17. The number of unbranched alkanes of at least 4 members (excludes halogenated alkanes) is 1. The molecular weight excluding hydrogens is 346 g/mol. The van der Waals surface area contributed by atoms with Crippen molar-refractivity contribution in [2.75, 3.05) is 12.3 Å². The van der Waals surface area contributed by atoms with Crippen molar-refractivity contribution in [1.82, 2.24) is 19.5 Å². The lowest BCUT2D eigenvalue weighted by Gasteiger charge is -2.37. The summed E-state index contributed by atoms with van der Waals surface area (Å²) < 4.78 is 1.78. The van der Waals surface area contributed by atoms with E-state index in [-0.39, 0.29) is 0 Å². The van der Waals surface area contributed by atoms with E-state index in [0.717, 1.165) is 42.7 Å². The Labute approximate surface area is 169 Å².